The van der Waals surface area contributed by atoms with Crippen LogP contribution >= 0.6 is 0 Å². The van der Waals surface area contributed by atoms with E-state index in [1.165, 1.54) is 91.1 Å². The maximum Gasteiger partial charge on any atom is 0.307 e. The van der Waals surface area contributed by atoms with Gasteiger partial charge in [-0.3, -0.25) is 4.79 Å². The molecule has 0 aliphatic carbocycles. The fourth-order valence-corrected chi connectivity index (χ4v) is 3.77. The summed E-state index contributed by atoms with van der Waals surface area (Å²) < 4.78 is 113. The lowest BCUT2D eigenvalue weighted by Crippen LogP contribution is -1.89. The van der Waals surface area contributed by atoms with Gasteiger partial charge < -0.3 is 5.11 Å². The standard InChI is InChI=1S/C51H74O2/c1-2-3-4-5-6-7-8-9-10-11-12-13-14-15-16-17-18-19-20-21-22-23-24-25-26-27-28-29-30-31-32-33-34-35-36-37-38-39-40-41-42-43-44-45-46-47-48-49-50-51(52)53/h3-4,6-7,10-11,13-14,17-18,20-21,24-25,27-28,31-32,34-35,38-39,41-42,45-46,48-49H,2,5,8-9,12,15-16,19,22-23,26,29-30,33,36-37,40,43-44,47,50H2,1H3,(H,52,53)/b4-3-,7-6-,11-10-,14-13-,18-17-,21-20-,25-24-,28-27-,32-31-,35-34-,39-38-,42-41-,46-45-,49-48-/i5D2,12D2,19D2,26D2,33D2,40D2,47D2. The summed E-state index contributed by atoms with van der Waals surface area (Å²) in [7, 11) is 0. The monoisotopic (exact) mass is 733 g/mol. The van der Waals surface area contributed by atoms with E-state index in [-0.39, 0.29) is 6.42 Å². The van der Waals surface area contributed by atoms with Crippen molar-refractivity contribution in [1.82, 2.24) is 0 Å². The molecule has 0 fully saturated rings. The SMILES string of the molecule is [2H]C([2H])(/C=C\CC)/C=C\CC/C=C\C([2H])([2H])/C=C\CC/C=C\C([2H])([2H])/C=C\CC/C=C\C([2H])([2H])/C=C\CC/C=C\C([2H])([2H])/C=C\CC/C=C\C([2H])([2H])/C=C\CC/C=C\C([2H])([2H])/C=C\CC(=O)O. The lowest BCUT2D eigenvalue weighted by molar-refractivity contribution is -0.136. The van der Waals surface area contributed by atoms with Gasteiger partial charge in [-0.25, -0.2) is 0 Å². The lowest BCUT2D eigenvalue weighted by Gasteiger charge is -1.90. The minimum atomic E-state index is -1.76. The van der Waals surface area contributed by atoms with Crippen LogP contribution in [0.3, 0.4) is 0 Å². The Bertz CT molecular complexity index is 1830. The number of allylic oxidation sites excluding steroid dienone is 27. The maximum atomic E-state index is 10.6. The topological polar surface area (TPSA) is 37.3 Å². The van der Waals surface area contributed by atoms with Crippen molar-refractivity contribution < 1.29 is 29.1 Å². The summed E-state index contributed by atoms with van der Waals surface area (Å²) in [6.45, 7) is 1.95. The van der Waals surface area contributed by atoms with Gasteiger partial charge in [0.2, 0.25) is 0 Å². The van der Waals surface area contributed by atoms with Gasteiger partial charge in [0.15, 0.2) is 0 Å². The van der Waals surface area contributed by atoms with E-state index >= 15 is 0 Å². The van der Waals surface area contributed by atoms with Crippen molar-refractivity contribution in [3.63, 3.8) is 0 Å². The number of rotatable bonds is 35. The van der Waals surface area contributed by atoms with Crippen LogP contribution in [0, 0.1) is 0 Å². The van der Waals surface area contributed by atoms with Crippen molar-refractivity contribution in [3.8, 4) is 0 Å². The van der Waals surface area contributed by atoms with Gasteiger partial charge >= 0.3 is 5.97 Å². The van der Waals surface area contributed by atoms with E-state index in [1.54, 1.807) is 79.0 Å². The molecule has 0 saturated carbocycles. The van der Waals surface area contributed by atoms with E-state index in [1.807, 2.05) is 6.92 Å². The first-order valence-electron chi connectivity index (χ1n) is 25.9. The van der Waals surface area contributed by atoms with Crippen LogP contribution in [0.15, 0.2) is 170 Å². The average Bonchev–Trinajstić information content (AvgIpc) is 3.21. The second kappa shape index (κ2) is 45.9. The maximum absolute atomic E-state index is 10.6. The second-order valence-electron chi connectivity index (χ2n) is 11.3. The van der Waals surface area contributed by atoms with Crippen molar-refractivity contribution in [2.24, 2.45) is 0 Å². The molecular formula is C51H74O2. The second-order valence-corrected chi connectivity index (χ2v) is 11.3. The van der Waals surface area contributed by atoms with Crippen molar-refractivity contribution in [3.05, 3.63) is 170 Å². The third-order valence-corrected chi connectivity index (χ3v) is 6.53. The van der Waals surface area contributed by atoms with Gasteiger partial charge in [0.05, 0.1) is 6.42 Å². The van der Waals surface area contributed by atoms with Gasteiger partial charge in [0, 0.05) is 19.2 Å². The van der Waals surface area contributed by atoms with Crippen molar-refractivity contribution in [2.75, 3.05) is 0 Å². The van der Waals surface area contributed by atoms with Gasteiger partial charge in [0.25, 0.3) is 0 Å². The van der Waals surface area contributed by atoms with Crippen molar-refractivity contribution >= 4 is 5.97 Å². The molecule has 53 heavy (non-hydrogen) atoms. The lowest BCUT2D eigenvalue weighted by atomic mass is 10.2. The van der Waals surface area contributed by atoms with Crippen LogP contribution in [0.2, 0.25) is 0 Å². The number of hydrogen-bond donors (Lipinski definition) is 1. The molecule has 1 N–H and O–H groups in total. The molecule has 0 atom stereocenters. The number of hydrogen-bond acceptors (Lipinski definition) is 1. The van der Waals surface area contributed by atoms with Gasteiger partial charge in [-0.1, -0.05) is 177 Å². The van der Waals surface area contributed by atoms with E-state index in [0.29, 0.717) is 77.0 Å². The smallest absolute Gasteiger partial charge is 0.307 e. The van der Waals surface area contributed by atoms with Gasteiger partial charge in [-0.2, -0.15) is 0 Å². The summed E-state index contributed by atoms with van der Waals surface area (Å²) in [5.41, 5.74) is 0. The fraction of sp³-hybridized carbons (Fsp3) is 0.431. The Morgan fingerprint density at radius 1 is 0.321 bits per heavy atom. The Kier molecular flexibility index (Phi) is 25.3. The highest BCUT2D eigenvalue weighted by Crippen LogP contribution is 2.03. The zero-order chi connectivity index (χ0) is 50.8. The predicted molar refractivity (Wildman–Crippen MR) is 238 cm³/mol. The molecule has 0 aliphatic heterocycles. The Balaban J connectivity index is 4.51. The number of carbonyl (C=O) groups is 1. The molecule has 0 bridgehead atoms. The van der Waals surface area contributed by atoms with Crippen molar-refractivity contribution in [2.45, 2.75) is 141 Å². The van der Waals surface area contributed by atoms with Crippen molar-refractivity contribution in [1.29, 1.82) is 0 Å². The normalized spacial score (nSPS) is 19.5. The summed E-state index contributed by atoms with van der Waals surface area (Å²) in [5.74, 6) is -1.03. The van der Waals surface area contributed by atoms with Gasteiger partial charge in [-0.05, 0) is 128 Å². The van der Waals surface area contributed by atoms with E-state index in [0.717, 1.165) is 6.42 Å². The summed E-state index contributed by atoms with van der Waals surface area (Å²) in [6, 6.07) is 0. The Morgan fingerprint density at radius 3 is 0.660 bits per heavy atom. The Morgan fingerprint density at radius 2 is 0.491 bits per heavy atom. The highest BCUT2D eigenvalue weighted by molar-refractivity contribution is 5.68. The van der Waals surface area contributed by atoms with Gasteiger partial charge in [0.1, 0.15) is 0 Å². The highest BCUT2D eigenvalue weighted by atomic mass is 16.4. The van der Waals surface area contributed by atoms with Crippen LogP contribution in [0.4, 0.5) is 0 Å². The van der Waals surface area contributed by atoms with Crippen LogP contribution in [0.5, 0.6) is 0 Å². The minimum absolute atomic E-state index is 0.252. The first-order valence-corrected chi connectivity index (χ1v) is 18.9. The zero-order valence-electron chi connectivity index (χ0n) is 45.9. The number of aliphatic carboxylic acids is 1. The first-order chi connectivity index (χ1) is 31.2. The molecule has 0 aliphatic rings. The summed E-state index contributed by atoms with van der Waals surface area (Å²) in [4.78, 5) is 10.6. The summed E-state index contributed by atoms with van der Waals surface area (Å²) >= 11 is 0. The molecule has 0 saturated heterocycles. The van der Waals surface area contributed by atoms with Crippen LogP contribution in [0.1, 0.15) is 161 Å². The molecule has 2 heteroatoms. The molecule has 2 nitrogen and oxygen atoms in total. The number of unbranched alkanes of at least 4 members (excludes halogenated alkanes) is 6. The first kappa shape index (κ1) is 29.2. The highest BCUT2D eigenvalue weighted by Gasteiger charge is 1.87. The molecule has 0 amide bonds. The predicted octanol–water partition coefficient (Wildman–Crippen LogP) is 16.1. The molecule has 290 valence electrons. The van der Waals surface area contributed by atoms with Gasteiger partial charge in [-0.15, -0.1) is 0 Å². The largest absolute Gasteiger partial charge is 0.481 e. The van der Waals surface area contributed by atoms with Crippen LogP contribution in [0.25, 0.3) is 0 Å². The third-order valence-electron chi connectivity index (χ3n) is 6.53. The molecule has 0 aromatic heterocycles. The Hall–Kier alpha value is -4.17. The van der Waals surface area contributed by atoms with Crippen LogP contribution in [-0.4, -0.2) is 11.1 Å². The van der Waals surface area contributed by atoms with E-state index in [9.17, 15) is 4.79 Å². The number of carboxylic acids is 1. The van der Waals surface area contributed by atoms with E-state index in [2.05, 4.69) is 0 Å². The zero-order valence-corrected chi connectivity index (χ0v) is 31.9. The fourth-order valence-electron chi connectivity index (χ4n) is 3.77. The van der Waals surface area contributed by atoms with Crippen LogP contribution < -0.4 is 0 Å². The van der Waals surface area contributed by atoms with E-state index in [4.69, 9.17) is 24.3 Å². The molecule has 0 spiro atoms. The molecule has 0 radical (unpaired) electrons. The molecule has 0 heterocycles. The minimum Gasteiger partial charge on any atom is -0.481 e. The third kappa shape index (κ3) is 47.8. The van der Waals surface area contributed by atoms with E-state index < -0.39 is 50.6 Å². The molecule has 0 unspecified atom stereocenters. The Labute approximate surface area is 346 Å². The summed E-state index contributed by atoms with van der Waals surface area (Å²) in [6.07, 6.45) is 39.4. The molecular weight excluding hydrogens is 645 g/mol. The quantitative estimate of drug-likeness (QED) is 0.0520. The molecule has 0 aromatic carbocycles. The number of carboxylic acid groups (broad SMARTS) is 1. The molecule has 0 rings (SSSR count). The average molecular weight is 733 g/mol. The van der Waals surface area contributed by atoms with Crippen LogP contribution in [-0.2, 0) is 4.79 Å². The molecule has 0 aromatic rings. The summed E-state index contributed by atoms with van der Waals surface area (Å²) in [5, 5.41) is 8.64.